The van der Waals surface area contributed by atoms with Crippen LogP contribution in [0.25, 0.3) is 0 Å². The molecular weight excluding hydrogens is 294 g/mol. The Morgan fingerprint density at radius 2 is 2.00 bits per heavy atom. The standard InChI is InChI=1S/C18H23NO4/c1-4-22-17(23-5-2)18-11-7-9-13-8-6-10-14(15(13)18)19(12(3)20)16(18)21/h6,8,10,17H,4-5,7,9,11H2,1-3H3. The highest BCUT2D eigenvalue weighted by Gasteiger charge is 2.59. The van der Waals surface area contributed by atoms with Crippen LogP contribution in [-0.4, -0.2) is 31.3 Å². The van der Waals surface area contributed by atoms with Crippen LogP contribution in [-0.2, 0) is 30.9 Å². The van der Waals surface area contributed by atoms with Crippen molar-refractivity contribution in [1.82, 2.24) is 0 Å². The van der Waals surface area contributed by atoms with Crippen molar-refractivity contribution in [3.8, 4) is 0 Å². The third-order valence-electron chi connectivity index (χ3n) is 4.77. The fourth-order valence-corrected chi connectivity index (χ4v) is 3.99. The van der Waals surface area contributed by atoms with Gasteiger partial charge in [0.25, 0.3) is 0 Å². The summed E-state index contributed by atoms with van der Waals surface area (Å²) in [4.78, 5) is 26.7. The maximum atomic E-state index is 13.3. The highest BCUT2D eigenvalue weighted by Crippen LogP contribution is 2.52. The van der Waals surface area contributed by atoms with Crippen LogP contribution in [0.1, 0.15) is 44.7 Å². The smallest absolute Gasteiger partial charge is 0.249 e. The lowest BCUT2D eigenvalue weighted by Gasteiger charge is -2.39. The van der Waals surface area contributed by atoms with Gasteiger partial charge in [0, 0.05) is 25.7 Å². The first-order chi connectivity index (χ1) is 11.1. The molecule has 5 nitrogen and oxygen atoms in total. The molecule has 0 spiro atoms. The fourth-order valence-electron chi connectivity index (χ4n) is 3.99. The molecule has 0 saturated heterocycles. The van der Waals surface area contributed by atoms with E-state index < -0.39 is 11.7 Å². The van der Waals surface area contributed by atoms with Crippen LogP contribution in [0, 0.1) is 0 Å². The Kier molecular flexibility index (Phi) is 4.25. The largest absolute Gasteiger partial charge is 0.351 e. The summed E-state index contributed by atoms with van der Waals surface area (Å²) in [5.41, 5.74) is 1.85. The predicted octanol–water partition coefficient (Wildman–Crippen LogP) is 2.55. The highest BCUT2D eigenvalue weighted by molar-refractivity contribution is 6.22. The van der Waals surface area contributed by atoms with Crippen molar-refractivity contribution in [3.63, 3.8) is 0 Å². The Hall–Kier alpha value is -1.72. The minimum absolute atomic E-state index is 0.209. The third kappa shape index (κ3) is 2.22. The second-order valence-corrected chi connectivity index (χ2v) is 6.04. The summed E-state index contributed by atoms with van der Waals surface area (Å²) in [7, 11) is 0. The van der Waals surface area contributed by atoms with Gasteiger partial charge in [0.2, 0.25) is 11.8 Å². The van der Waals surface area contributed by atoms with Gasteiger partial charge < -0.3 is 9.47 Å². The molecule has 3 rings (SSSR count). The second kappa shape index (κ2) is 6.06. The van der Waals surface area contributed by atoms with Gasteiger partial charge in [-0.1, -0.05) is 12.1 Å². The maximum Gasteiger partial charge on any atom is 0.249 e. The van der Waals surface area contributed by atoms with Gasteiger partial charge in [-0.2, -0.15) is 0 Å². The molecule has 0 fully saturated rings. The van der Waals surface area contributed by atoms with Crippen molar-refractivity contribution in [2.75, 3.05) is 18.1 Å². The van der Waals surface area contributed by atoms with Gasteiger partial charge in [0.15, 0.2) is 6.29 Å². The van der Waals surface area contributed by atoms with E-state index in [1.165, 1.54) is 11.8 Å². The molecule has 1 unspecified atom stereocenters. The molecule has 1 aromatic rings. The molecule has 1 atom stereocenters. The zero-order valence-corrected chi connectivity index (χ0v) is 13.9. The summed E-state index contributed by atoms with van der Waals surface area (Å²) in [6.07, 6.45) is 1.78. The molecule has 0 N–H and O–H groups in total. The molecule has 1 aliphatic heterocycles. The Morgan fingerprint density at radius 1 is 1.30 bits per heavy atom. The Bertz CT molecular complexity index is 636. The minimum Gasteiger partial charge on any atom is -0.351 e. The molecule has 2 aliphatic rings. The lowest BCUT2D eigenvalue weighted by atomic mass is 9.70. The summed E-state index contributed by atoms with van der Waals surface area (Å²) in [5.74, 6) is -0.469. The maximum absolute atomic E-state index is 13.3. The van der Waals surface area contributed by atoms with Gasteiger partial charge in [0.05, 0.1) is 5.69 Å². The fraction of sp³-hybridized carbons (Fsp3) is 0.556. The van der Waals surface area contributed by atoms with Crippen LogP contribution in [0.15, 0.2) is 18.2 Å². The lowest BCUT2D eigenvalue weighted by Crippen LogP contribution is -2.53. The summed E-state index contributed by atoms with van der Waals surface area (Å²) >= 11 is 0. The quantitative estimate of drug-likeness (QED) is 0.783. The van der Waals surface area contributed by atoms with Crippen LogP contribution in [0.4, 0.5) is 5.69 Å². The van der Waals surface area contributed by atoms with Crippen molar-refractivity contribution in [2.24, 2.45) is 0 Å². The molecule has 1 heterocycles. The van der Waals surface area contributed by atoms with Gasteiger partial charge in [0.1, 0.15) is 5.41 Å². The van der Waals surface area contributed by atoms with E-state index in [0.717, 1.165) is 24.0 Å². The van der Waals surface area contributed by atoms with E-state index in [0.29, 0.717) is 25.3 Å². The molecule has 0 bridgehead atoms. The molecule has 0 radical (unpaired) electrons. The van der Waals surface area contributed by atoms with Crippen molar-refractivity contribution >= 4 is 17.5 Å². The predicted molar refractivity (Wildman–Crippen MR) is 86.3 cm³/mol. The number of hydrogen-bond acceptors (Lipinski definition) is 4. The molecule has 0 saturated carbocycles. The topological polar surface area (TPSA) is 55.8 Å². The van der Waals surface area contributed by atoms with Gasteiger partial charge in [-0.15, -0.1) is 0 Å². The van der Waals surface area contributed by atoms with Gasteiger partial charge >= 0.3 is 0 Å². The van der Waals surface area contributed by atoms with E-state index in [9.17, 15) is 9.59 Å². The average Bonchev–Trinajstić information content (AvgIpc) is 2.79. The van der Waals surface area contributed by atoms with Crippen LogP contribution in [0.3, 0.4) is 0 Å². The molecule has 1 aromatic carbocycles. The number of aryl methyl sites for hydroxylation is 1. The van der Waals surface area contributed by atoms with Crippen molar-refractivity contribution in [3.05, 3.63) is 29.3 Å². The number of imide groups is 1. The van der Waals surface area contributed by atoms with Crippen molar-refractivity contribution < 1.29 is 19.1 Å². The van der Waals surface area contributed by atoms with E-state index in [1.54, 1.807) is 0 Å². The summed E-state index contributed by atoms with van der Waals surface area (Å²) in [6.45, 7) is 6.12. The summed E-state index contributed by atoms with van der Waals surface area (Å²) < 4.78 is 11.6. The zero-order chi connectivity index (χ0) is 16.6. The van der Waals surface area contributed by atoms with Crippen LogP contribution in [0.2, 0.25) is 0 Å². The number of carbonyl (C=O) groups excluding carboxylic acids is 2. The first kappa shape index (κ1) is 16.1. The average molecular weight is 317 g/mol. The first-order valence-electron chi connectivity index (χ1n) is 8.28. The van der Waals surface area contributed by atoms with Crippen LogP contribution < -0.4 is 4.90 Å². The van der Waals surface area contributed by atoms with Crippen molar-refractivity contribution in [1.29, 1.82) is 0 Å². The molecular formula is C18H23NO4. The molecule has 5 heteroatoms. The van der Waals surface area contributed by atoms with Gasteiger partial charge in [-0.05, 0) is 44.7 Å². The Labute approximate surface area is 136 Å². The number of amides is 2. The number of benzene rings is 1. The molecule has 124 valence electrons. The summed E-state index contributed by atoms with van der Waals surface area (Å²) in [5, 5.41) is 0. The third-order valence-corrected chi connectivity index (χ3v) is 4.77. The molecule has 0 aromatic heterocycles. The lowest BCUT2D eigenvalue weighted by molar-refractivity contribution is -0.185. The number of anilines is 1. The summed E-state index contributed by atoms with van der Waals surface area (Å²) in [6, 6.07) is 5.80. The minimum atomic E-state index is -0.901. The normalized spacial score (nSPS) is 22.6. The number of hydrogen-bond donors (Lipinski definition) is 0. The highest BCUT2D eigenvalue weighted by atomic mass is 16.7. The van der Waals surface area contributed by atoms with Crippen LogP contribution in [0.5, 0.6) is 0 Å². The number of rotatable bonds is 5. The van der Waals surface area contributed by atoms with E-state index in [4.69, 9.17) is 9.47 Å². The first-order valence-corrected chi connectivity index (χ1v) is 8.28. The van der Waals surface area contributed by atoms with E-state index in [-0.39, 0.29) is 11.8 Å². The second-order valence-electron chi connectivity index (χ2n) is 6.04. The number of carbonyl (C=O) groups is 2. The molecule has 2 amide bonds. The molecule has 23 heavy (non-hydrogen) atoms. The Balaban J connectivity index is 2.22. The van der Waals surface area contributed by atoms with E-state index >= 15 is 0 Å². The zero-order valence-electron chi connectivity index (χ0n) is 13.9. The Morgan fingerprint density at radius 3 is 2.61 bits per heavy atom. The number of ether oxygens (including phenoxy) is 2. The molecule has 1 aliphatic carbocycles. The monoisotopic (exact) mass is 317 g/mol. The van der Waals surface area contributed by atoms with Crippen molar-refractivity contribution in [2.45, 2.75) is 51.7 Å². The van der Waals surface area contributed by atoms with E-state index in [1.807, 2.05) is 32.0 Å². The van der Waals surface area contributed by atoms with E-state index in [2.05, 4.69) is 0 Å². The van der Waals surface area contributed by atoms with Crippen LogP contribution >= 0.6 is 0 Å². The van der Waals surface area contributed by atoms with Gasteiger partial charge in [-0.3, -0.25) is 9.59 Å². The van der Waals surface area contributed by atoms with Gasteiger partial charge in [-0.25, -0.2) is 4.90 Å². The number of nitrogens with zero attached hydrogens (tertiary/aromatic N) is 1. The SMILES string of the molecule is CCOC(OCC)C12CCCc3cccc(c31)N(C(C)=O)C2=O.